The Morgan fingerprint density at radius 3 is 2.83 bits per heavy atom. The fourth-order valence-corrected chi connectivity index (χ4v) is 3.45. The number of hydrogen-bond donors (Lipinski definition) is 1. The second kappa shape index (κ2) is 8.67. The SMILES string of the molecule is CCCn1c(SCC(=O)N[C@H](C)CC)nc2ccc(Br)cc2c1=O. The highest BCUT2D eigenvalue weighted by Gasteiger charge is 2.14. The quantitative estimate of drug-likeness (QED) is 0.558. The molecule has 1 N–H and O–H groups in total. The molecule has 0 spiro atoms. The molecule has 1 heterocycles. The second-order valence-electron chi connectivity index (χ2n) is 5.68. The molecule has 0 fully saturated rings. The summed E-state index contributed by atoms with van der Waals surface area (Å²) < 4.78 is 2.51. The van der Waals surface area contributed by atoms with E-state index in [0.717, 1.165) is 17.3 Å². The summed E-state index contributed by atoms with van der Waals surface area (Å²) in [6.45, 7) is 6.60. The Labute approximate surface area is 154 Å². The Bertz CT molecular complexity index is 791. The Morgan fingerprint density at radius 2 is 2.17 bits per heavy atom. The van der Waals surface area contributed by atoms with Crippen molar-refractivity contribution >= 4 is 44.5 Å². The highest BCUT2D eigenvalue weighted by Crippen LogP contribution is 2.20. The number of aromatic nitrogens is 2. The van der Waals surface area contributed by atoms with Gasteiger partial charge < -0.3 is 5.32 Å². The van der Waals surface area contributed by atoms with Gasteiger partial charge in [-0.15, -0.1) is 0 Å². The maximum atomic E-state index is 12.7. The summed E-state index contributed by atoms with van der Waals surface area (Å²) in [5, 5.41) is 4.11. The topological polar surface area (TPSA) is 64.0 Å². The zero-order valence-electron chi connectivity index (χ0n) is 14.1. The number of nitrogens with one attached hydrogen (secondary N) is 1. The van der Waals surface area contributed by atoms with Crippen LogP contribution >= 0.6 is 27.7 Å². The molecule has 0 aliphatic carbocycles. The van der Waals surface area contributed by atoms with Gasteiger partial charge in [0.05, 0.1) is 16.7 Å². The molecule has 1 aromatic heterocycles. The Morgan fingerprint density at radius 1 is 1.42 bits per heavy atom. The summed E-state index contributed by atoms with van der Waals surface area (Å²) in [5.74, 6) is 0.213. The lowest BCUT2D eigenvalue weighted by Crippen LogP contribution is -2.33. The number of hydrogen-bond acceptors (Lipinski definition) is 4. The van der Waals surface area contributed by atoms with Crippen molar-refractivity contribution in [1.82, 2.24) is 14.9 Å². The van der Waals surface area contributed by atoms with Gasteiger partial charge in [0, 0.05) is 17.1 Å². The summed E-state index contributed by atoms with van der Waals surface area (Å²) >= 11 is 4.70. The molecular weight excluding hydrogens is 390 g/mol. The second-order valence-corrected chi connectivity index (χ2v) is 7.54. The molecule has 0 saturated carbocycles. The zero-order chi connectivity index (χ0) is 17.7. The molecule has 0 saturated heterocycles. The van der Waals surface area contributed by atoms with Crippen LogP contribution in [0.1, 0.15) is 33.6 Å². The molecule has 0 aliphatic heterocycles. The van der Waals surface area contributed by atoms with Crippen molar-refractivity contribution in [3.63, 3.8) is 0 Å². The van der Waals surface area contributed by atoms with Gasteiger partial charge in [-0.1, -0.05) is 41.5 Å². The molecule has 0 bridgehead atoms. The van der Waals surface area contributed by atoms with E-state index in [4.69, 9.17) is 0 Å². The van der Waals surface area contributed by atoms with E-state index in [9.17, 15) is 9.59 Å². The van der Waals surface area contributed by atoms with Gasteiger partial charge in [-0.05, 0) is 38.0 Å². The van der Waals surface area contributed by atoms with Crippen molar-refractivity contribution in [3.8, 4) is 0 Å². The standard InChI is InChI=1S/C17H22BrN3O2S/c1-4-8-21-16(23)13-9-12(18)6-7-14(13)20-17(21)24-10-15(22)19-11(3)5-2/h6-7,9,11H,4-5,8,10H2,1-3H3,(H,19,22)/t11-/m1/s1. The minimum Gasteiger partial charge on any atom is -0.353 e. The third kappa shape index (κ3) is 4.60. The average molecular weight is 412 g/mol. The first-order chi connectivity index (χ1) is 11.5. The van der Waals surface area contributed by atoms with Crippen LogP contribution in [0.2, 0.25) is 0 Å². The Kier molecular flexibility index (Phi) is 6.86. The molecule has 7 heteroatoms. The van der Waals surface area contributed by atoms with Crippen LogP contribution < -0.4 is 10.9 Å². The third-order valence-electron chi connectivity index (χ3n) is 3.68. The van der Waals surface area contributed by atoms with Crippen molar-refractivity contribution in [2.45, 2.75) is 51.4 Å². The van der Waals surface area contributed by atoms with Crippen LogP contribution in [0.25, 0.3) is 10.9 Å². The van der Waals surface area contributed by atoms with Crippen LogP contribution in [0, 0.1) is 0 Å². The lowest BCUT2D eigenvalue weighted by atomic mass is 10.2. The molecular formula is C17H22BrN3O2S. The van der Waals surface area contributed by atoms with E-state index in [1.165, 1.54) is 11.8 Å². The van der Waals surface area contributed by atoms with Crippen molar-refractivity contribution in [1.29, 1.82) is 0 Å². The predicted molar refractivity (Wildman–Crippen MR) is 103 cm³/mol. The maximum Gasteiger partial charge on any atom is 0.262 e. The summed E-state index contributed by atoms with van der Waals surface area (Å²) in [6.07, 6.45) is 1.72. The Hall–Kier alpha value is -1.34. The van der Waals surface area contributed by atoms with Crippen molar-refractivity contribution in [2.75, 3.05) is 5.75 Å². The fourth-order valence-electron chi connectivity index (χ4n) is 2.25. The number of rotatable bonds is 7. The van der Waals surface area contributed by atoms with Gasteiger partial charge in [0.2, 0.25) is 5.91 Å². The zero-order valence-corrected chi connectivity index (χ0v) is 16.5. The molecule has 2 rings (SSSR count). The van der Waals surface area contributed by atoms with E-state index in [-0.39, 0.29) is 23.3 Å². The van der Waals surface area contributed by atoms with Gasteiger partial charge >= 0.3 is 0 Å². The third-order valence-corrected chi connectivity index (χ3v) is 5.15. The predicted octanol–water partition coefficient (Wildman–Crippen LogP) is 3.58. The number of halogens is 1. The molecule has 130 valence electrons. The summed E-state index contributed by atoms with van der Waals surface area (Å²) in [5.41, 5.74) is 0.591. The van der Waals surface area contributed by atoms with Crippen LogP contribution in [0.3, 0.4) is 0 Å². The number of carbonyl (C=O) groups is 1. The van der Waals surface area contributed by atoms with E-state index in [1.54, 1.807) is 10.6 Å². The molecule has 2 aromatic rings. The van der Waals surface area contributed by atoms with Crippen LogP contribution in [0.5, 0.6) is 0 Å². The molecule has 0 aliphatic rings. The van der Waals surface area contributed by atoms with Crippen LogP contribution in [0.15, 0.2) is 32.6 Å². The number of thioether (sulfide) groups is 1. The minimum absolute atomic E-state index is 0.0393. The van der Waals surface area contributed by atoms with Crippen molar-refractivity contribution in [3.05, 3.63) is 33.0 Å². The molecule has 24 heavy (non-hydrogen) atoms. The van der Waals surface area contributed by atoms with Gasteiger partial charge in [-0.2, -0.15) is 0 Å². The van der Waals surface area contributed by atoms with E-state index in [0.29, 0.717) is 22.6 Å². The van der Waals surface area contributed by atoms with E-state index in [1.807, 2.05) is 32.9 Å². The lowest BCUT2D eigenvalue weighted by Gasteiger charge is -2.14. The first-order valence-corrected chi connectivity index (χ1v) is 9.86. The minimum atomic E-state index is -0.0621. The Balaban J connectivity index is 2.31. The number of carbonyl (C=O) groups excluding carboxylic acids is 1. The van der Waals surface area contributed by atoms with Gasteiger partial charge in [-0.25, -0.2) is 4.98 Å². The number of amides is 1. The normalized spacial score (nSPS) is 12.3. The average Bonchev–Trinajstić information content (AvgIpc) is 2.56. The van der Waals surface area contributed by atoms with Gasteiger partial charge in [-0.3, -0.25) is 14.2 Å². The molecule has 1 aromatic carbocycles. The molecule has 0 radical (unpaired) electrons. The van der Waals surface area contributed by atoms with Crippen LogP contribution in [-0.2, 0) is 11.3 Å². The molecule has 1 amide bonds. The highest BCUT2D eigenvalue weighted by atomic mass is 79.9. The number of benzene rings is 1. The van der Waals surface area contributed by atoms with Crippen LogP contribution in [-0.4, -0.2) is 27.3 Å². The fraction of sp³-hybridized carbons (Fsp3) is 0.471. The summed E-state index contributed by atoms with van der Waals surface area (Å²) in [4.78, 5) is 29.3. The maximum absolute atomic E-state index is 12.7. The first-order valence-electron chi connectivity index (χ1n) is 8.08. The molecule has 5 nitrogen and oxygen atoms in total. The number of fused-ring (bicyclic) bond motifs is 1. The summed E-state index contributed by atoms with van der Waals surface area (Å²) in [6, 6.07) is 5.63. The lowest BCUT2D eigenvalue weighted by molar-refractivity contribution is -0.119. The van der Waals surface area contributed by atoms with Crippen LogP contribution in [0.4, 0.5) is 0 Å². The largest absolute Gasteiger partial charge is 0.353 e. The van der Waals surface area contributed by atoms with E-state index < -0.39 is 0 Å². The van der Waals surface area contributed by atoms with E-state index >= 15 is 0 Å². The highest BCUT2D eigenvalue weighted by molar-refractivity contribution is 9.10. The molecule has 1 atom stereocenters. The van der Waals surface area contributed by atoms with Gasteiger partial charge in [0.1, 0.15) is 0 Å². The summed E-state index contributed by atoms with van der Waals surface area (Å²) in [7, 11) is 0. The first kappa shape index (κ1) is 19.0. The van der Waals surface area contributed by atoms with Crippen molar-refractivity contribution in [2.24, 2.45) is 0 Å². The van der Waals surface area contributed by atoms with Crippen molar-refractivity contribution < 1.29 is 4.79 Å². The molecule has 0 unspecified atom stereocenters. The monoisotopic (exact) mass is 411 g/mol. The van der Waals surface area contributed by atoms with E-state index in [2.05, 4.69) is 26.2 Å². The smallest absolute Gasteiger partial charge is 0.262 e. The number of nitrogens with zero attached hydrogens (tertiary/aromatic N) is 2. The van der Waals surface area contributed by atoms with Gasteiger partial charge in [0.15, 0.2) is 5.16 Å². The van der Waals surface area contributed by atoms with Gasteiger partial charge in [0.25, 0.3) is 5.56 Å².